The lowest BCUT2D eigenvalue weighted by atomic mass is 9.99. The number of nitrogens with zero attached hydrogens (tertiary/aromatic N) is 1. The second kappa shape index (κ2) is 11.8. The Balaban J connectivity index is 1.39. The third-order valence-electron chi connectivity index (χ3n) is 6.07. The van der Waals surface area contributed by atoms with Crippen molar-refractivity contribution in [3.05, 3.63) is 87.4 Å². The summed E-state index contributed by atoms with van der Waals surface area (Å²) in [6.45, 7) is 0.315. The fourth-order valence-corrected chi connectivity index (χ4v) is 7.59. The predicted octanol–water partition coefficient (Wildman–Crippen LogP) is 5.63. The van der Waals surface area contributed by atoms with Gasteiger partial charge in [0.2, 0.25) is 15.9 Å². The number of halogens is 3. The molecule has 0 unspecified atom stereocenters. The van der Waals surface area contributed by atoms with Crippen molar-refractivity contribution in [2.45, 2.75) is 23.5 Å². The number of hydrogen-bond donors (Lipinski definition) is 2. The highest BCUT2D eigenvalue weighted by Crippen LogP contribution is 2.29. The molecule has 1 heterocycles. The fourth-order valence-electron chi connectivity index (χ4n) is 4.05. The highest BCUT2D eigenvalue weighted by molar-refractivity contribution is 7.92. The molecule has 4 rings (SSSR count). The number of rotatable bonds is 8. The van der Waals surface area contributed by atoms with Crippen molar-refractivity contribution in [3.63, 3.8) is 0 Å². The summed E-state index contributed by atoms with van der Waals surface area (Å²) in [7, 11) is -7.61. The molecule has 202 valence electrons. The maximum Gasteiger partial charge on any atom is 0.261 e. The Bertz CT molecular complexity index is 1510. The van der Waals surface area contributed by atoms with Crippen LogP contribution < -0.4 is 10.0 Å². The summed E-state index contributed by atoms with van der Waals surface area (Å²) in [5, 5.41) is 3.77. The summed E-state index contributed by atoms with van der Waals surface area (Å²) in [6.07, 6.45) is 1.03. The maximum atomic E-state index is 13.1. The Morgan fingerprint density at radius 2 is 1.47 bits per heavy atom. The van der Waals surface area contributed by atoms with Gasteiger partial charge in [-0.3, -0.25) is 9.52 Å². The molecule has 1 fully saturated rings. The number of hydrogen-bond acceptors (Lipinski definition) is 5. The summed E-state index contributed by atoms with van der Waals surface area (Å²) in [4.78, 5) is 13.0. The van der Waals surface area contributed by atoms with Gasteiger partial charge in [-0.05, 0) is 73.5 Å². The third kappa shape index (κ3) is 6.99. The Kier molecular flexibility index (Phi) is 8.91. The van der Waals surface area contributed by atoms with Crippen LogP contribution in [0, 0.1) is 5.92 Å². The molecule has 3 aromatic carbocycles. The van der Waals surface area contributed by atoms with E-state index in [-0.39, 0.29) is 33.1 Å². The molecule has 0 bridgehead atoms. The molecule has 13 heteroatoms. The summed E-state index contributed by atoms with van der Waals surface area (Å²) < 4.78 is 55.2. The van der Waals surface area contributed by atoms with Crippen LogP contribution in [0.3, 0.4) is 0 Å². The standard InChI is InChI=1S/C25H24Cl3N3O5S2/c26-18-6-8-20(9-7-18)30-38(35,36)21-12-10-19(11-13-21)29-25(32)17-3-2-14-31(15-17)37(33,34)16-22-23(27)4-1-5-24(22)28/h1,4-13,17,30H,2-3,14-16H2,(H,29,32)/t17-/m1/s1. The molecule has 2 N–H and O–H groups in total. The van der Waals surface area contributed by atoms with Crippen molar-refractivity contribution in [3.8, 4) is 0 Å². The quantitative estimate of drug-likeness (QED) is 0.341. The van der Waals surface area contributed by atoms with Gasteiger partial charge in [-0.2, -0.15) is 0 Å². The first-order valence-electron chi connectivity index (χ1n) is 11.5. The number of anilines is 2. The molecule has 0 saturated carbocycles. The Hall–Kier alpha value is -2.34. The molecule has 38 heavy (non-hydrogen) atoms. The summed E-state index contributed by atoms with van der Waals surface area (Å²) in [5.41, 5.74) is 1.08. The molecule has 0 spiro atoms. The minimum Gasteiger partial charge on any atom is -0.326 e. The smallest absolute Gasteiger partial charge is 0.261 e. The zero-order valence-corrected chi connectivity index (χ0v) is 23.8. The first-order chi connectivity index (χ1) is 17.9. The van der Waals surface area contributed by atoms with Gasteiger partial charge >= 0.3 is 0 Å². The molecule has 1 saturated heterocycles. The average Bonchev–Trinajstić information content (AvgIpc) is 2.88. The third-order valence-corrected chi connectivity index (χ3v) is 10.2. The minimum absolute atomic E-state index is 0.0126. The lowest BCUT2D eigenvalue weighted by molar-refractivity contribution is -0.120. The number of sulfonamides is 2. The number of nitrogens with one attached hydrogen (secondary N) is 2. The zero-order chi connectivity index (χ0) is 27.5. The van der Waals surface area contributed by atoms with E-state index in [2.05, 4.69) is 10.0 Å². The monoisotopic (exact) mass is 615 g/mol. The fraction of sp³-hybridized carbons (Fsp3) is 0.240. The summed E-state index contributed by atoms with van der Waals surface area (Å²) in [6, 6.07) is 16.7. The van der Waals surface area contributed by atoms with Crippen molar-refractivity contribution in [1.82, 2.24) is 4.31 Å². The first kappa shape index (κ1) is 28.7. The van der Waals surface area contributed by atoms with Crippen LogP contribution in [-0.4, -0.2) is 40.1 Å². The second-order valence-electron chi connectivity index (χ2n) is 8.78. The van der Waals surface area contributed by atoms with Crippen LogP contribution in [0.4, 0.5) is 11.4 Å². The van der Waals surface area contributed by atoms with Crippen LogP contribution in [0.5, 0.6) is 0 Å². The van der Waals surface area contributed by atoms with Crippen molar-refractivity contribution >= 4 is 72.1 Å². The molecule has 1 amide bonds. The SMILES string of the molecule is O=C(Nc1ccc(S(=O)(=O)Nc2ccc(Cl)cc2)cc1)[C@@H]1CCCN(S(=O)(=O)Cc2c(Cl)cccc2Cl)C1. The van der Waals surface area contributed by atoms with E-state index in [0.717, 1.165) is 0 Å². The van der Waals surface area contributed by atoms with Gasteiger partial charge in [0.25, 0.3) is 10.0 Å². The molecule has 0 radical (unpaired) electrons. The van der Waals surface area contributed by atoms with E-state index in [9.17, 15) is 21.6 Å². The van der Waals surface area contributed by atoms with Gasteiger partial charge in [-0.1, -0.05) is 40.9 Å². The molecular formula is C25H24Cl3N3O5S2. The van der Waals surface area contributed by atoms with Crippen LogP contribution in [0.2, 0.25) is 15.1 Å². The van der Waals surface area contributed by atoms with Crippen LogP contribution in [0.15, 0.2) is 71.6 Å². The highest BCUT2D eigenvalue weighted by atomic mass is 35.5. The molecule has 1 atom stereocenters. The topological polar surface area (TPSA) is 113 Å². The lowest BCUT2D eigenvalue weighted by Gasteiger charge is -2.31. The number of benzene rings is 3. The van der Waals surface area contributed by atoms with Gasteiger partial charge in [0.05, 0.1) is 16.6 Å². The van der Waals surface area contributed by atoms with E-state index in [1.54, 1.807) is 42.5 Å². The average molecular weight is 617 g/mol. The molecule has 1 aliphatic rings. The number of carbonyl (C=O) groups excluding carboxylic acids is 1. The van der Waals surface area contributed by atoms with Crippen LogP contribution in [0.25, 0.3) is 0 Å². The minimum atomic E-state index is -3.85. The van der Waals surface area contributed by atoms with Crippen molar-refractivity contribution < 1.29 is 21.6 Å². The van der Waals surface area contributed by atoms with Gasteiger partial charge in [0.1, 0.15) is 0 Å². The van der Waals surface area contributed by atoms with Gasteiger partial charge in [0.15, 0.2) is 0 Å². The second-order valence-corrected chi connectivity index (χ2v) is 13.7. The van der Waals surface area contributed by atoms with E-state index in [1.807, 2.05) is 0 Å². The van der Waals surface area contributed by atoms with E-state index >= 15 is 0 Å². The van der Waals surface area contributed by atoms with E-state index in [1.165, 1.54) is 28.6 Å². The van der Waals surface area contributed by atoms with E-state index in [0.29, 0.717) is 41.3 Å². The molecule has 8 nitrogen and oxygen atoms in total. The largest absolute Gasteiger partial charge is 0.326 e. The number of carbonyl (C=O) groups is 1. The summed E-state index contributed by atoms with van der Waals surface area (Å²) >= 11 is 18.1. The number of piperidine rings is 1. The molecule has 0 aromatic heterocycles. The summed E-state index contributed by atoms with van der Waals surface area (Å²) in [5.74, 6) is -1.29. The van der Waals surface area contributed by atoms with Gasteiger partial charge in [-0.15, -0.1) is 0 Å². The highest BCUT2D eigenvalue weighted by Gasteiger charge is 2.33. The first-order valence-corrected chi connectivity index (χ1v) is 15.8. The predicted molar refractivity (Wildman–Crippen MR) is 151 cm³/mol. The van der Waals surface area contributed by atoms with Crippen molar-refractivity contribution in [2.75, 3.05) is 23.1 Å². The molecular weight excluding hydrogens is 593 g/mol. The lowest BCUT2D eigenvalue weighted by Crippen LogP contribution is -2.44. The zero-order valence-electron chi connectivity index (χ0n) is 19.9. The molecule has 1 aliphatic heterocycles. The van der Waals surface area contributed by atoms with Crippen molar-refractivity contribution in [1.29, 1.82) is 0 Å². The number of amides is 1. The normalized spacial score (nSPS) is 16.7. The Labute approximate surface area is 237 Å². The van der Waals surface area contributed by atoms with Crippen LogP contribution in [-0.2, 0) is 30.6 Å². The molecule has 3 aromatic rings. The van der Waals surface area contributed by atoms with Crippen molar-refractivity contribution in [2.24, 2.45) is 5.92 Å². The maximum absolute atomic E-state index is 13.1. The molecule has 0 aliphatic carbocycles. The van der Waals surface area contributed by atoms with Crippen LogP contribution in [0.1, 0.15) is 18.4 Å². The Morgan fingerprint density at radius 3 is 2.11 bits per heavy atom. The van der Waals surface area contributed by atoms with Crippen LogP contribution >= 0.6 is 34.8 Å². The van der Waals surface area contributed by atoms with E-state index in [4.69, 9.17) is 34.8 Å². The van der Waals surface area contributed by atoms with Gasteiger partial charge < -0.3 is 5.32 Å². The van der Waals surface area contributed by atoms with Gasteiger partial charge in [0, 0.05) is 45.1 Å². The van der Waals surface area contributed by atoms with E-state index < -0.39 is 26.0 Å². The Morgan fingerprint density at radius 1 is 0.868 bits per heavy atom. The van der Waals surface area contributed by atoms with Gasteiger partial charge in [-0.25, -0.2) is 21.1 Å².